The maximum Gasteiger partial charge on any atom is 0.573 e. The molecule has 22 nitrogen and oxygen atoms in total. The van der Waals surface area contributed by atoms with Gasteiger partial charge in [0.2, 0.25) is 35.7 Å². The average Bonchev–Trinajstić information content (AvgIpc) is 1.61. The summed E-state index contributed by atoms with van der Waals surface area (Å²) in [6.45, 7) is 8.10. The first-order valence-electron chi connectivity index (χ1n) is 35.8. The van der Waals surface area contributed by atoms with Gasteiger partial charge in [0, 0.05) is 29.4 Å². The molecule has 0 aliphatic heterocycles. The average molecular weight is 1740 g/mol. The molecule has 17 rings (SSSR count). The molecule has 9 aromatic carbocycles. The van der Waals surface area contributed by atoms with E-state index in [1.165, 1.54) is 51.6 Å². The highest BCUT2D eigenvalue weighted by Crippen LogP contribution is 2.42. The van der Waals surface area contributed by atoms with Gasteiger partial charge in [-0.2, -0.15) is 63.2 Å². The fraction of sp³-hybridized carbons (Fsp3) is 0.173. The topological polar surface area (TPSA) is 333 Å². The van der Waals surface area contributed by atoms with Crippen LogP contribution in [-0.4, -0.2) is 68.7 Å². The highest BCUT2D eigenvalue weighted by molar-refractivity contribution is 5.86. The summed E-state index contributed by atoms with van der Waals surface area (Å²) in [5, 5.41) is 18.0. The van der Waals surface area contributed by atoms with Crippen molar-refractivity contribution in [2.45, 2.75) is 89.6 Å². The smallest absolute Gasteiger partial charge is 0.406 e. The molecule has 0 amide bonds. The first kappa shape index (κ1) is 88.3. The number of aromatic nitrogens is 13. The maximum atomic E-state index is 14.0. The van der Waals surface area contributed by atoms with Crippen LogP contribution in [0.3, 0.4) is 0 Å². The Morgan fingerprint density at radius 3 is 1.29 bits per heavy atom. The third-order valence-electron chi connectivity index (χ3n) is 18.7. The number of imidazole rings is 6. The van der Waals surface area contributed by atoms with Crippen molar-refractivity contribution in [3.8, 4) is 40.8 Å². The summed E-state index contributed by atoms with van der Waals surface area (Å²) in [7, 11) is 0. The molecule has 43 heteroatoms. The number of anilines is 6. The van der Waals surface area contributed by atoms with E-state index in [0.717, 1.165) is 136 Å². The van der Waals surface area contributed by atoms with E-state index in [0.29, 0.717) is 46.1 Å². The van der Waals surface area contributed by atoms with Crippen molar-refractivity contribution >= 4 is 102 Å². The standard InChI is InChI=1S/C15H9F6N3O.2C14H8F5N3.C13H8FN5.C13H16N4.C12H11F4N3/c16-14(17,18)8-1-6-11-12(7-8)24(13(22)23-11)9-2-4-10(5-3-9)25-15(19,20)21;15-9-3-2-8(6-10(9)16)22-12-5-7(14(17,18)19)1-4-11(12)21-13(22)20;15-8-4-9(16)6-10(5-8)22-12-3-7(14(17,18)19)1-2-11(12)21-13(22)20;14-9-2-4-12(17-7-9)19-11-5-8(6-15)1-3-10(11)18-13(19)16;1-8-5-10-11(6-9(8)7-14)17(12(15)16-10)13(2,3)4;13-8-4-6(12(14,15)16)5-9-10(8)19(11(17)18-9)7-2-1-3-7/h1-7H,(H2,22,23);2*1-6H,(H2,20,21);1-5,7H,(H2,16,18);5-6H,1-4H3,(H2,15,16);4-5,7H,1-3H2,(H2,17,18). The third-order valence-corrected chi connectivity index (χ3v) is 18.7. The summed E-state index contributed by atoms with van der Waals surface area (Å²) < 4.78 is 282. The molecule has 0 radical (unpaired) electrons. The molecular formula is C81H60F21N21O. The molecular weight excluding hydrogens is 1680 g/mol. The number of pyridine rings is 1. The summed E-state index contributed by atoms with van der Waals surface area (Å²) >= 11 is 0. The number of fused-ring (bicyclic) bond motifs is 6. The number of benzene rings is 9. The monoisotopic (exact) mass is 1740 g/mol. The van der Waals surface area contributed by atoms with E-state index in [2.05, 4.69) is 72.5 Å². The Morgan fingerprint density at radius 2 is 0.847 bits per heavy atom. The van der Waals surface area contributed by atoms with Crippen LogP contribution < -0.4 is 39.1 Å². The minimum atomic E-state index is -4.84. The minimum Gasteiger partial charge on any atom is -0.406 e. The van der Waals surface area contributed by atoms with Gasteiger partial charge in [-0.15, -0.1) is 13.2 Å². The molecule has 124 heavy (non-hydrogen) atoms. The van der Waals surface area contributed by atoms with E-state index in [4.69, 9.17) is 44.9 Å². The zero-order valence-electron chi connectivity index (χ0n) is 64.0. The Labute approximate surface area is 683 Å². The zero-order valence-corrected chi connectivity index (χ0v) is 64.0. The molecule has 1 aliphatic carbocycles. The maximum absolute atomic E-state index is 14.0. The highest BCUT2D eigenvalue weighted by Gasteiger charge is 2.37. The number of alkyl halides is 15. The second-order valence-electron chi connectivity index (χ2n) is 28.2. The van der Waals surface area contributed by atoms with E-state index in [1.807, 2.05) is 23.6 Å². The number of ether oxygens (including phenoxy) is 1. The van der Waals surface area contributed by atoms with E-state index >= 15 is 0 Å². The van der Waals surface area contributed by atoms with E-state index < -0.39 is 94.0 Å². The Hall–Kier alpha value is -14.9. The van der Waals surface area contributed by atoms with Crippen molar-refractivity contribution in [1.29, 1.82) is 10.5 Å². The normalized spacial score (nSPS) is 12.6. The summed E-state index contributed by atoms with van der Waals surface area (Å²) in [6, 6.07) is 35.9. The van der Waals surface area contributed by atoms with Crippen molar-refractivity contribution in [2.75, 3.05) is 34.4 Å². The fourth-order valence-electron chi connectivity index (χ4n) is 13.1. The van der Waals surface area contributed by atoms with Crippen molar-refractivity contribution < 1.29 is 96.9 Å². The molecule has 0 bridgehead atoms. The summed E-state index contributed by atoms with van der Waals surface area (Å²) in [4.78, 5) is 28.1. The Balaban J connectivity index is 0.000000136. The van der Waals surface area contributed by atoms with Crippen LogP contribution in [0.2, 0.25) is 0 Å². The van der Waals surface area contributed by atoms with Crippen LogP contribution in [0, 0.1) is 64.5 Å². The number of hydrogen-bond acceptors (Lipinski definition) is 16. The lowest BCUT2D eigenvalue weighted by molar-refractivity contribution is -0.274. The van der Waals surface area contributed by atoms with Gasteiger partial charge in [-0.3, -0.25) is 18.3 Å². The van der Waals surface area contributed by atoms with Crippen LogP contribution in [0.5, 0.6) is 5.75 Å². The molecule has 16 aromatic rings. The van der Waals surface area contributed by atoms with Crippen molar-refractivity contribution in [3.63, 3.8) is 0 Å². The van der Waals surface area contributed by atoms with Gasteiger partial charge in [-0.05, 0) is 210 Å². The number of halogens is 21. The molecule has 7 heterocycles. The molecule has 0 spiro atoms. The summed E-state index contributed by atoms with van der Waals surface area (Å²) in [5.41, 5.74) is 37.0. The van der Waals surface area contributed by atoms with Crippen molar-refractivity contribution in [1.82, 2.24) is 62.3 Å². The highest BCUT2D eigenvalue weighted by atomic mass is 19.4. The quantitative estimate of drug-likeness (QED) is 0.0843. The first-order chi connectivity index (χ1) is 58.0. The molecule has 642 valence electrons. The fourth-order valence-corrected chi connectivity index (χ4v) is 13.1. The number of nitrogen functional groups attached to an aromatic ring is 6. The second-order valence-corrected chi connectivity index (χ2v) is 28.2. The van der Waals surface area contributed by atoms with Crippen molar-refractivity contribution in [3.05, 3.63) is 250 Å². The number of aryl methyl sites for hydroxylation is 1. The van der Waals surface area contributed by atoms with Crippen molar-refractivity contribution in [2.24, 2.45) is 0 Å². The Kier molecular flexibility index (Phi) is 23.9. The van der Waals surface area contributed by atoms with Gasteiger partial charge >= 0.3 is 31.1 Å². The van der Waals surface area contributed by atoms with Gasteiger partial charge in [0.05, 0.1) is 124 Å². The lowest BCUT2D eigenvalue weighted by atomic mass is 9.92. The van der Waals surface area contributed by atoms with Crippen LogP contribution in [0.4, 0.5) is 128 Å². The number of nitriles is 2. The minimum absolute atomic E-state index is 0.0114. The molecule has 1 saturated carbocycles. The third kappa shape index (κ3) is 19.1. The molecule has 1 fully saturated rings. The molecule has 7 aromatic heterocycles. The van der Waals surface area contributed by atoms with Crippen LogP contribution in [0.25, 0.3) is 89.1 Å². The number of nitrogens with two attached hydrogens (primary N) is 6. The zero-order chi connectivity index (χ0) is 90.5. The van der Waals surface area contributed by atoms with E-state index in [-0.39, 0.29) is 103 Å². The summed E-state index contributed by atoms with van der Waals surface area (Å²) in [5.74, 6) is -4.90. The molecule has 0 saturated heterocycles. The Bertz CT molecular complexity index is 6790. The van der Waals surface area contributed by atoms with E-state index in [1.54, 1.807) is 22.8 Å². The number of hydrogen-bond donors (Lipinski definition) is 6. The van der Waals surface area contributed by atoms with Crippen LogP contribution in [0.1, 0.15) is 85.0 Å². The largest absolute Gasteiger partial charge is 0.573 e. The van der Waals surface area contributed by atoms with Gasteiger partial charge in [-0.1, -0.05) is 0 Å². The van der Waals surface area contributed by atoms with E-state index in [9.17, 15) is 92.2 Å². The number of rotatable bonds is 6. The van der Waals surface area contributed by atoms with Crippen LogP contribution in [-0.2, 0) is 30.2 Å². The first-order valence-corrected chi connectivity index (χ1v) is 35.8. The van der Waals surface area contributed by atoms with Crippen LogP contribution in [0.15, 0.2) is 176 Å². The summed E-state index contributed by atoms with van der Waals surface area (Å²) in [6.07, 6.45) is -19.3. The molecule has 0 unspecified atom stereocenters. The molecule has 12 N–H and O–H groups in total. The lowest BCUT2D eigenvalue weighted by Gasteiger charge is -2.28. The molecule has 1 aliphatic rings. The van der Waals surface area contributed by atoms with Gasteiger partial charge in [0.25, 0.3) is 0 Å². The van der Waals surface area contributed by atoms with Crippen LogP contribution >= 0.6 is 0 Å². The predicted molar refractivity (Wildman–Crippen MR) is 417 cm³/mol. The Morgan fingerprint density at radius 1 is 0.387 bits per heavy atom. The lowest BCUT2D eigenvalue weighted by Crippen LogP contribution is -2.23. The molecule has 0 atom stereocenters. The van der Waals surface area contributed by atoms with Gasteiger partial charge in [0.15, 0.2) is 11.6 Å². The number of nitrogens with zero attached hydrogens (tertiary/aromatic N) is 15. The predicted octanol–water partition coefficient (Wildman–Crippen LogP) is 20.4. The SMILES string of the molecule is Cc1cc2nc(N)n(C(C)(C)C)c2cc1C#N.N#Cc1ccc2nc(N)n(-c3ccc(F)cn3)c2c1.Nc1nc2cc(C(F)(F)F)cc(F)c2n1C1CCC1.Nc1nc2ccc(C(F)(F)F)cc2n1-c1cc(F)cc(F)c1.Nc1nc2ccc(C(F)(F)F)cc2n1-c1ccc(F)c(F)c1.Nc1nc2ccc(C(F)(F)F)cc2n1-c1ccc(OC(F)(F)F)cc1. The van der Waals surface area contributed by atoms with Gasteiger partial charge in [-0.25, -0.2) is 61.2 Å². The van der Waals surface area contributed by atoms with Gasteiger partial charge < -0.3 is 48.3 Å². The second kappa shape index (κ2) is 33.6. The van der Waals surface area contributed by atoms with Gasteiger partial charge in [0.1, 0.15) is 40.4 Å².